The van der Waals surface area contributed by atoms with Gasteiger partial charge in [0.15, 0.2) is 5.96 Å². The summed E-state index contributed by atoms with van der Waals surface area (Å²) in [6.45, 7) is 7.52. The van der Waals surface area contributed by atoms with Crippen molar-refractivity contribution in [1.29, 1.82) is 0 Å². The van der Waals surface area contributed by atoms with Gasteiger partial charge in [0.25, 0.3) is 0 Å². The quantitative estimate of drug-likeness (QED) is 0.406. The minimum absolute atomic E-state index is 0. The number of aromatic nitrogens is 2. The second-order valence-electron chi connectivity index (χ2n) is 5.80. The van der Waals surface area contributed by atoms with Gasteiger partial charge in [-0.05, 0) is 32.1 Å². The van der Waals surface area contributed by atoms with Crippen LogP contribution in [0.3, 0.4) is 0 Å². The smallest absolute Gasteiger partial charge is 0.193 e. The maximum absolute atomic E-state index is 5.42. The summed E-state index contributed by atoms with van der Waals surface area (Å²) in [5, 5.41) is 3.38. The van der Waals surface area contributed by atoms with E-state index < -0.39 is 0 Å². The highest BCUT2D eigenvalue weighted by molar-refractivity contribution is 14.0. The molecule has 23 heavy (non-hydrogen) atoms. The average Bonchev–Trinajstić information content (AvgIpc) is 3.06. The molecule has 0 unspecified atom stereocenters. The van der Waals surface area contributed by atoms with E-state index in [9.17, 15) is 0 Å². The van der Waals surface area contributed by atoms with Crippen molar-refractivity contribution in [2.45, 2.75) is 32.7 Å². The van der Waals surface area contributed by atoms with Crippen LogP contribution in [0.4, 0.5) is 0 Å². The molecule has 1 saturated heterocycles. The van der Waals surface area contributed by atoms with Gasteiger partial charge < -0.3 is 19.5 Å². The molecule has 0 saturated carbocycles. The summed E-state index contributed by atoms with van der Waals surface area (Å²) < 4.78 is 7.47. The third-order valence-corrected chi connectivity index (χ3v) is 4.09. The zero-order valence-corrected chi connectivity index (χ0v) is 16.6. The van der Waals surface area contributed by atoms with Gasteiger partial charge in [-0.15, -0.1) is 24.0 Å². The highest BCUT2D eigenvalue weighted by Crippen LogP contribution is 2.18. The van der Waals surface area contributed by atoms with Gasteiger partial charge in [-0.3, -0.25) is 4.99 Å². The molecule has 2 rings (SSSR count). The number of aliphatic imine (C=N–C) groups is 1. The summed E-state index contributed by atoms with van der Waals surface area (Å²) >= 11 is 0. The van der Waals surface area contributed by atoms with Gasteiger partial charge in [0, 0.05) is 52.3 Å². The van der Waals surface area contributed by atoms with Crippen LogP contribution in [0.5, 0.6) is 0 Å². The topological polar surface area (TPSA) is 54.7 Å². The fraction of sp³-hybridized carbons (Fsp3) is 0.750. The molecule has 1 aromatic rings. The van der Waals surface area contributed by atoms with Crippen LogP contribution in [0.2, 0.25) is 0 Å². The minimum atomic E-state index is 0. The fourth-order valence-corrected chi connectivity index (χ4v) is 2.68. The molecule has 0 aromatic carbocycles. The van der Waals surface area contributed by atoms with Gasteiger partial charge >= 0.3 is 0 Å². The van der Waals surface area contributed by atoms with Crippen molar-refractivity contribution >= 4 is 29.9 Å². The molecular weight excluding hydrogens is 405 g/mol. The third kappa shape index (κ3) is 7.52. The first-order chi connectivity index (χ1) is 10.8. The standard InChI is InChI=1S/C16H29N5O.HI/c1-3-18-16(19-8-11-21-10-7-17-14-21)20(2)9-4-15-5-12-22-13-6-15;/h7,10,14-15H,3-6,8-9,11-13H2,1-2H3,(H,18,19);1H. The maximum Gasteiger partial charge on any atom is 0.193 e. The Hall–Kier alpha value is -0.830. The number of imidazole rings is 1. The zero-order chi connectivity index (χ0) is 15.6. The Morgan fingerprint density at radius 3 is 2.87 bits per heavy atom. The molecule has 1 N–H and O–H groups in total. The lowest BCUT2D eigenvalue weighted by molar-refractivity contribution is 0.0625. The second kappa shape index (κ2) is 11.7. The van der Waals surface area contributed by atoms with E-state index in [1.54, 1.807) is 6.20 Å². The molecule has 7 heteroatoms. The van der Waals surface area contributed by atoms with E-state index in [2.05, 4.69) is 33.7 Å². The Balaban J connectivity index is 0.00000264. The van der Waals surface area contributed by atoms with Gasteiger partial charge in [-0.1, -0.05) is 0 Å². The molecule has 1 aromatic heterocycles. The van der Waals surface area contributed by atoms with Crippen LogP contribution in [0, 0.1) is 5.92 Å². The lowest BCUT2D eigenvalue weighted by atomic mass is 9.96. The molecule has 0 radical (unpaired) electrons. The van der Waals surface area contributed by atoms with Crippen LogP contribution < -0.4 is 5.32 Å². The summed E-state index contributed by atoms with van der Waals surface area (Å²) in [6.07, 6.45) is 9.21. The van der Waals surface area contributed by atoms with Crippen LogP contribution in [-0.2, 0) is 11.3 Å². The van der Waals surface area contributed by atoms with Gasteiger partial charge in [0.05, 0.1) is 12.9 Å². The molecule has 0 amide bonds. The SMILES string of the molecule is CCNC(=NCCn1ccnc1)N(C)CCC1CCOCC1.I. The average molecular weight is 435 g/mol. The summed E-state index contributed by atoms with van der Waals surface area (Å²) in [7, 11) is 2.12. The molecule has 0 bridgehead atoms. The van der Waals surface area contributed by atoms with Gasteiger partial charge in [-0.25, -0.2) is 4.98 Å². The van der Waals surface area contributed by atoms with Gasteiger partial charge in [0.2, 0.25) is 0 Å². The highest BCUT2D eigenvalue weighted by Gasteiger charge is 2.15. The first-order valence-corrected chi connectivity index (χ1v) is 8.32. The van der Waals surface area contributed by atoms with Crippen LogP contribution in [-0.4, -0.2) is 60.3 Å². The number of ether oxygens (including phenoxy) is 1. The Bertz CT molecular complexity index is 432. The van der Waals surface area contributed by atoms with Crippen molar-refractivity contribution < 1.29 is 4.74 Å². The summed E-state index contributed by atoms with van der Waals surface area (Å²) in [4.78, 5) is 11.0. The molecule has 1 aliphatic rings. The Morgan fingerprint density at radius 2 is 2.22 bits per heavy atom. The molecular formula is C16H30IN5O. The first kappa shape index (κ1) is 20.2. The molecule has 6 nitrogen and oxygen atoms in total. The number of nitrogens with one attached hydrogen (secondary N) is 1. The highest BCUT2D eigenvalue weighted by atomic mass is 127. The third-order valence-electron chi connectivity index (χ3n) is 4.09. The summed E-state index contributed by atoms with van der Waals surface area (Å²) in [6, 6.07) is 0. The van der Waals surface area contributed by atoms with Crippen LogP contribution in [0.1, 0.15) is 26.2 Å². The largest absolute Gasteiger partial charge is 0.381 e. The van der Waals surface area contributed by atoms with Gasteiger partial charge in [-0.2, -0.15) is 0 Å². The van der Waals surface area contributed by atoms with Crippen molar-refractivity contribution in [2.75, 3.05) is 39.9 Å². The normalized spacial score (nSPS) is 16.0. The van der Waals surface area contributed by atoms with E-state index in [-0.39, 0.29) is 24.0 Å². The number of nitrogens with zero attached hydrogens (tertiary/aromatic N) is 4. The van der Waals surface area contributed by atoms with Crippen molar-refractivity contribution in [3.05, 3.63) is 18.7 Å². The lowest BCUT2D eigenvalue weighted by Gasteiger charge is -2.26. The molecule has 1 aliphatic heterocycles. The van der Waals surface area contributed by atoms with E-state index in [1.807, 2.05) is 12.5 Å². The Kier molecular flexibility index (Phi) is 10.3. The molecule has 1 fully saturated rings. The number of guanidine groups is 1. The van der Waals surface area contributed by atoms with E-state index in [1.165, 1.54) is 19.3 Å². The predicted octanol–water partition coefficient (Wildman–Crippen LogP) is 2.22. The van der Waals surface area contributed by atoms with Crippen LogP contribution >= 0.6 is 24.0 Å². The van der Waals surface area contributed by atoms with Crippen LogP contribution in [0.15, 0.2) is 23.7 Å². The summed E-state index contributed by atoms with van der Waals surface area (Å²) in [5.74, 6) is 1.79. The zero-order valence-electron chi connectivity index (χ0n) is 14.3. The van der Waals surface area contributed by atoms with E-state index >= 15 is 0 Å². The molecule has 0 aliphatic carbocycles. The number of rotatable bonds is 7. The summed E-state index contributed by atoms with van der Waals surface area (Å²) in [5.41, 5.74) is 0. The maximum atomic E-state index is 5.42. The lowest BCUT2D eigenvalue weighted by Crippen LogP contribution is -2.40. The second-order valence-corrected chi connectivity index (χ2v) is 5.80. The minimum Gasteiger partial charge on any atom is -0.381 e. The van der Waals surface area contributed by atoms with Crippen molar-refractivity contribution in [2.24, 2.45) is 10.9 Å². The van der Waals surface area contributed by atoms with E-state index in [0.717, 1.165) is 51.3 Å². The molecule has 0 spiro atoms. The number of hydrogen-bond donors (Lipinski definition) is 1. The van der Waals surface area contributed by atoms with Crippen LogP contribution in [0.25, 0.3) is 0 Å². The van der Waals surface area contributed by atoms with Crippen molar-refractivity contribution in [1.82, 2.24) is 19.8 Å². The van der Waals surface area contributed by atoms with Gasteiger partial charge in [0.1, 0.15) is 0 Å². The Morgan fingerprint density at radius 1 is 1.43 bits per heavy atom. The number of hydrogen-bond acceptors (Lipinski definition) is 3. The Labute approximate surface area is 156 Å². The first-order valence-electron chi connectivity index (χ1n) is 8.32. The monoisotopic (exact) mass is 435 g/mol. The van der Waals surface area contributed by atoms with E-state index in [4.69, 9.17) is 9.73 Å². The predicted molar refractivity (Wildman–Crippen MR) is 104 cm³/mol. The molecule has 0 atom stereocenters. The molecule has 132 valence electrons. The number of halogens is 1. The fourth-order valence-electron chi connectivity index (χ4n) is 2.68. The molecule has 2 heterocycles. The van der Waals surface area contributed by atoms with Crippen molar-refractivity contribution in [3.63, 3.8) is 0 Å². The van der Waals surface area contributed by atoms with Crippen molar-refractivity contribution in [3.8, 4) is 0 Å². The van der Waals surface area contributed by atoms with E-state index in [0.29, 0.717) is 0 Å².